The first kappa shape index (κ1) is 24.4. The van der Waals surface area contributed by atoms with Gasteiger partial charge in [-0.3, -0.25) is 4.79 Å². The van der Waals surface area contributed by atoms with Crippen LogP contribution in [0.1, 0.15) is 96.8 Å². The van der Waals surface area contributed by atoms with Crippen LogP contribution in [0.4, 0.5) is 0 Å². The summed E-state index contributed by atoms with van der Waals surface area (Å²) < 4.78 is 0. The minimum atomic E-state index is -0.298. The van der Waals surface area contributed by atoms with Gasteiger partial charge < -0.3 is 4.84 Å². The topological polar surface area (TPSA) is 52.3 Å². The van der Waals surface area contributed by atoms with Crippen molar-refractivity contribution in [2.45, 2.75) is 96.8 Å². The van der Waals surface area contributed by atoms with Crippen LogP contribution >= 0.6 is 0 Å². The molecule has 2 N–H and O–H groups in total. The van der Waals surface area contributed by atoms with Crippen molar-refractivity contribution < 1.29 is 9.63 Å². The number of hydrogen-bond acceptors (Lipinski definition) is 3. The molecule has 0 rings (SSSR count). The number of hydrogen-bond donors (Lipinski definition) is 1. The Morgan fingerprint density at radius 3 is 1.77 bits per heavy atom. The number of unbranched alkanes of at least 4 members (excludes halogenated alkanes) is 11. The average Bonchev–Trinajstić information content (AvgIpc) is 2.50. The van der Waals surface area contributed by atoms with E-state index < -0.39 is 0 Å². The van der Waals surface area contributed by atoms with Gasteiger partial charge in [-0.25, -0.2) is 0 Å². The van der Waals surface area contributed by atoms with E-state index in [4.69, 9.17) is 5.90 Å². The number of nitrogens with two attached hydrogens (primary N) is 1. The van der Waals surface area contributed by atoms with Crippen LogP contribution in [0.25, 0.3) is 0 Å². The Morgan fingerprint density at radius 2 is 1.27 bits per heavy atom. The van der Waals surface area contributed by atoms with Crippen molar-refractivity contribution in [2.75, 3.05) is 0 Å². The summed E-state index contributed by atoms with van der Waals surface area (Å²) in [6, 6.07) is 0. The molecule has 0 saturated carbocycles. The molecule has 0 aromatic carbocycles. The maximum atomic E-state index is 10.8. The Balaban J connectivity index is 0. The molecule has 0 atom stereocenters. The molecule has 0 heterocycles. The molecule has 4 heteroatoms. The van der Waals surface area contributed by atoms with Crippen LogP contribution in [0.5, 0.6) is 0 Å². The summed E-state index contributed by atoms with van der Waals surface area (Å²) >= 11 is 0. The molecule has 3 nitrogen and oxygen atoms in total. The first-order valence-electron chi connectivity index (χ1n) is 8.85. The van der Waals surface area contributed by atoms with Crippen molar-refractivity contribution in [2.24, 2.45) is 5.90 Å². The molecule has 0 saturated heterocycles. The van der Waals surface area contributed by atoms with Crippen molar-refractivity contribution in [1.29, 1.82) is 0 Å². The Labute approximate surface area is 159 Å². The zero-order chi connectivity index (χ0) is 15.6. The van der Waals surface area contributed by atoms with Gasteiger partial charge in [0.05, 0.1) is 0 Å². The van der Waals surface area contributed by atoms with E-state index in [1.165, 1.54) is 70.6 Å². The second-order valence-electron chi connectivity index (χ2n) is 5.82. The summed E-state index contributed by atoms with van der Waals surface area (Å²) in [4.78, 5) is 14.9. The van der Waals surface area contributed by atoms with Gasteiger partial charge in [0.2, 0.25) is 0 Å². The Kier molecular flexibility index (Phi) is 23.5. The van der Waals surface area contributed by atoms with Crippen LogP contribution in [0, 0.1) is 0 Å². The van der Waals surface area contributed by atoms with Crippen molar-refractivity contribution in [3.63, 3.8) is 0 Å². The summed E-state index contributed by atoms with van der Waals surface area (Å²) in [6.07, 6.45) is 21.5. The monoisotopic (exact) mass is 321 g/mol. The third-order valence-corrected chi connectivity index (χ3v) is 3.77. The second-order valence-corrected chi connectivity index (χ2v) is 5.82. The third-order valence-electron chi connectivity index (χ3n) is 3.77. The SMILES string of the molecule is CCCCCCCC/C=C\CCCCCCCC(=O)ON.[NaH]. The number of rotatable bonds is 15. The van der Waals surface area contributed by atoms with Crippen LogP contribution in [0.15, 0.2) is 12.2 Å². The second kappa shape index (κ2) is 21.2. The molecule has 0 unspecified atom stereocenters. The maximum absolute atomic E-state index is 10.8. The summed E-state index contributed by atoms with van der Waals surface area (Å²) in [5.74, 6) is 4.48. The van der Waals surface area contributed by atoms with Gasteiger partial charge in [-0.05, 0) is 32.1 Å². The first-order chi connectivity index (χ1) is 10.3. The molecule has 126 valence electrons. The van der Waals surface area contributed by atoms with Crippen molar-refractivity contribution >= 4 is 35.5 Å². The van der Waals surface area contributed by atoms with E-state index in [-0.39, 0.29) is 35.5 Å². The van der Waals surface area contributed by atoms with E-state index in [9.17, 15) is 4.79 Å². The molecule has 0 aliphatic carbocycles. The summed E-state index contributed by atoms with van der Waals surface area (Å²) in [7, 11) is 0. The van der Waals surface area contributed by atoms with Gasteiger partial charge in [0.25, 0.3) is 0 Å². The number of carbonyl (C=O) groups is 1. The Bertz CT molecular complexity index is 257. The van der Waals surface area contributed by atoms with E-state index >= 15 is 0 Å². The summed E-state index contributed by atoms with van der Waals surface area (Å²) in [5.41, 5.74) is 0. The summed E-state index contributed by atoms with van der Waals surface area (Å²) in [5, 5.41) is 0. The predicted molar refractivity (Wildman–Crippen MR) is 96.9 cm³/mol. The van der Waals surface area contributed by atoms with Gasteiger partial charge in [-0.15, -0.1) is 0 Å². The van der Waals surface area contributed by atoms with Crippen LogP contribution < -0.4 is 5.90 Å². The van der Waals surface area contributed by atoms with E-state index in [1.54, 1.807) is 0 Å². The third kappa shape index (κ3) is 20.2. The molecule has 0 aliphatic rings. The van der Waals surface area contributed by atoms with Gasteiger partial charge in [0.1, 0.15) is 0 Å². The number of carbonyl (C=O) groups excluding carboxylic acids is 1. The fourth-order valence-corrected chi connectivity index (χ4v) is 2.40. The molecule has 0 spiro atoms. The molecule has 0 aliphatic heterocycles. The van der Waals surface area contributed by atoms with Crippen LogP contribution in [0.2, 0.25) is 0 Å². The van der Waals surface area contributed by atoms with Crippen LogP contribution in [-0.2, 0) is 9.63 Å². The van der Waals surface area contributed by atoms with Crippen molar-refractivity contribution in [3.8, 4) is 0 Å². The Hall–Kier alpha value is 0.170. The van der Waals surface area contributed by atoms with Gasteiger partial charge in [0.15, 0.2) is 0 Å². The molecule has 0 fully saturated rings. The fraction of sp³-hybridized carbons (Fsp3) is 0.833. The average molecular weight is 321 g/mol. The molecular formula is C18H36NNaO2. The molecule has 0 aromatic rings. The van der Waals surface area contributed by atoms with Gasteiger partial charge in [-0.1, -0.05) is 70.4 Å². The number of allylic oxidation sites excluding steroid dienone is 2. The molecule has 0 aromatic heterocycles. The van der Waals surface area contributed by atoms with E-state index in [0.29, 0.717) is 6.42 Å². The molecule has 0 radical (unpaired) electrons. The quantitative estimate of drug-likeness (QED) is 0.204. The fourth-order valence-electron chi connectivity index (χ4n) is 2.40. The Morgan fingerprint density at radius 1 is 0.818 bits per heavy atom. The van der Waals surface area contributed by atoms with E-state index in [2.05, 4.69) is 23.9 Å². The molecule has 0 amide bonds. The van der Waals surface area contributed by atoms with Crippen LogP contribution in [0.3, 0.4) is 0 Å². The zero-order valence-corrected chi connectivity index (χ0v) is 13.9. The van der Waals surface area contributed by atoms with Gasteiger partial charge in [-0.2, -0.15) is 5.90 Å². The minimum absolute atomic E-state index is 0. The normalized spacial score (nSPS) is 10.6. The van der Waals surface area contributed by atoms with E-state index in [0.717, 1.165) is 12.8 Å². The zero-order valence-electron chi connectivity index (χ0n) is 13.9. The van der Waals surface area contributed by atoms with E-state index in [1.807, 2.05) is 0 Å². The standard InChI is InChI=1S/C18H35NO2.Na.H/c1-2-3-4-5-6-7-8-9-10-11-12-13-14-15-16-17-18(20)21-19;;/h9-10H,2-8,11-17,19H2,1H3;;/b10-9-;;. The summed E-state index contributed by atoms with van der Waals surface area (Å²) in [6.45, 7) is 2.26. The predicted octanol–water partition coefficient (Wildman–Crippen LogP) is 4.79. The molecule has 22 heavy (non-hydrogen) atoms. The first-order valence-corrected chi connectivity index (χ1v) is 8.85. The van der Waals surface area contributed by atoms with Crippen molar-refractivity contribution in [3.05, 3.63) is 12.2 Å². The molecular weight excluding hydrogens is 285 g/mol. The van der Waals surface area contributed by atoms with Crippen molar-refractivity contribution in [1.82, 2.24) is 0 Å². The van der Waals surface area contributed by atoms with Gasteiger partial charge >= 0.3 is 35.5 Å². The van der Waals surface area contributed by atoms with Crippen LogP contribution in [-0.4, -0.2) is 35.5 Å². The molecule has 0 bridgehead atoms. The van der Waals surface area contributed by atoms with Gasteiger partial charge in [0, 0.05) is 6.42 Å².